The molecule has 0 saturated carbocycles. The third kappa shape index (κ3) is 5.83. The lowest BCUT2D eigenvalue weighted by Gasteiger charge is -2.19. The molecule has 2 aromatic rings. The van der Waals surface area contributed by atoms with Crippen LogP contribution in [0.25, 0.3) is 0 Å². The van der Waals surface area contributed by atoms with E-state index < -0.39 is 10.0 Å². The highest BCUT2D eigenvalue weighted by Gasteiger charge is 2.14. The van der Waals surface area contributed by atoms with E-state index in [1.54, 1.807) is 24.3 Å². The number of para-hydroxylation sites is 1. The highest BCUT2D eigenvalue weighted by atomic mass is 32.2. The molecule has 142 valence electrons. The van der Waals surface area contributed by atoms with Crippen molar-refractivity contribution in [2.24, 2.45) is 0 Å². The maximum absolute atomic E-state index is 12.5. The zero-order valence-electron chi connectivity index (χ0n) is 15.7. The minimum absolute atomic E-state index is 0.192. The largest absolute Gasteiger partial charge is 0.492 e. The minimum atomic E-state index is -3.55. The van der Waals surface area contributed by atoms with Crippen molar-refractivity contribution in [3.8, 4) is 5.75 Å². The first-order valence-corrected chi connectivity index (χ1v) is 10.4. The topological polar surface area (TPSA) is 58.6 Å². The monoisotopic (exact) mass is 376 g/mol. The SMILES string of the molecule is CCN(CC)CCOc1ccccc1CNS(=O)(=O)c1ccc(C)cc1. The van der Waals surface area contributed by atoms with Crippen molar-refractivity contribution >= 4 is 10.0 Å². The van der Waals surface area contributed by atoms with Crippen LogP contribution in [0.15, 0.2) is 53.4 Å². The van der Waals surface area contributed by atoms with Gasteiger partial charge in [0.1, 0.15) is 12.4 Å². The molecule has 0 aliphatic heterocycles. The van der Waals surface area contributed by atoms with Gasteiger partial charge in [0, 0.05) is 18.7 Å². The summed E-state index contributed by atoms with van der Waals surface area (Å²) in [6, 6.07) is 14.3. The lowest BCUT2D eigenvalue weighted by atomic mass is 10.2. The number of hydrogen-bond acceptors (Lipinski definition) is 4. The molecule has 0 saturated heterocycles. The molecule has 2 rings (SSSR count). The fourth-order valence-electron chi connectivity index (χ4n) is 2.59. The number of nitrogens with one attached hydrogen (secondary N) is 1. The molecule has 0 bridgehead atoms. The Morgan fingerprint density at radius 3 is 2.31 bits per heavy atom. The first-order chi connectivity index (χ1) is 12.5. The molecule has 2 aromatic carbocycles. The van der Waals surface area contributed by atoms with E-state index in [1.165, 1.54) is 0 Å². The van der Waals surface area contributed by atoms with Gasteiger partial charge in [-0.1, -0.05) is 49.7 Å². The Balaban J connectivity index is 2.00. The number of nitrogens with zero attached hydrogens (tertiary/aromatic N) is 1. The van der Waals surface area contributed by atoms with Crippen LogP contribution in [0.4, 0.5) is 0 Å². The molecule has 0 heterocycles. The minimum Gasteiger partial charge on any atom is -0.492 e. The van der Waals surface area contributed by atoms with E-state index >= 15 is 0 Å². The molecule has 26 heavy (non-hydrogen) atoms. The summed E-state index contributed by atoms with van der Waals surface area (Å²) in [4.78, 5) is 2.55. The van der Waals surface area contributed by atoms with E-state index in [9.17, 15) is 8.42 Å². The van der Waals surface area contributed by atoms with Gasteiger partial charge in [-0.05, 0) is 38.2 Å². The highest BCUT2D eigenvalue weighted by molar-refractivity contribution is 7.89. The lowest BCUT2D eigenvalue weighted by molar-refractivity contribution is 0.221. The third-order valence-corrected chi connectivity index (χ3v) is 5.73. The average molecular weight is 377 g/mol. The molecule has 0 aliphatic rings. The molecule has 0 radical (unpaired) electrons. The van der Waals surface area contributed by atoms with E-state index in [0.29, 0.717) is 12.4 Å². The molecule has 0 unspecified atom stereocenters. The summed E-state index contributed by atoms with van der Waals surface area (Å²) in [7, 11) is -3.55. The quantitative estimate of drug-likeness (QED) is 0.692. The number of likely N-dealkylation sites (N-methyl/N-ethyl adjacent to an activating group) is 1. The molecule has 0 aliphatic carbocycles. The van der Waals surface area contributed by atoms with Gasteiger partial charge in [-0.3, -0.25) is 0 Å². The van der Waals surface area contributed by atoms with Crippen LogP contribution in [0.2, 0.25) is 0 Å². The maximum atomic E-state index is 12.5. The second kappa shape index (κ2) is 9.71. The van der Waals surface area contributed by atoms with Crippen LogP contribution >= 0.6 is 0 Å². The predicted molar refractivity (Wildman–Crippen MR) is 105 cm³/mol. The van der Waals surface area contributed by atoms with Crippen LogP contribution in [-0.4, -0.2) is 39.6 Å². The molecule has 0 amide bonds. The standard InChI is InChI=1S/C20H28N2O3S/c1-4-22(5-2)14-15-25-20-9-7-6-8-18(20)16-21-26(23,24)19-12-10-17(3)11-13-19/h6-13,21H,4-5,14-16H2,1-3H3. The predicted octanol–water partition coefficient (Wildman–Crippen LogP) is 3.19. The molecule has 0 aromatic heterocycles. The molecule has 5 nitrogen and oxygen atoms in total. The van der Waals surface area contributed by atoms with Gasteiger partial charge in [-0.25, -0.2) is 13.1 Å². The first kappa shape index (κ1) is 20.4. The summed E-state index contributed by atoms with van der Waals surface area (Å²) in [5.74, 6) is 0.714. The Hall–Kier alpha value is -1.89. The Kier molecular flexibility index (Phi) is 7.63. The summed E-state index contributed by atoms with van der Waals surface area (Å²) in [6.45, 7) is 9.75. The second-order valence-corrected chi connectivity index (χ2v) is 7.89. The lowest BCUT2D eigenvalue weighted by Crippen LogP contribution is -2.28. The fourth-order valence-corrected chi connectivity index (χ4v) is 3.60. The van der Waals surface area contributed by atoms with Crippen LogP contribution in [0.3, 0.4) is 0 Å². The number of ether oxygens (including phenoxy) is 1. The highest BCUT2D eigenvalue weighted by Crippen LogP contribution is 2.19. The van der Waals surface area contributed by atoms with Gasteiger partial charge in [0.15, 0.2) is 0 Å². The number of sulfonamides is 1. The van der Waals surface area contributed by atoms with Gasteiger partial charge in [-0.15, -0.1) is 0 Å². The molecule has 0 atom stereocenters. The van der Waals surface area contributed by atoms with Crippen LogP contribution in [0.1, 0.15) is 25.0 Å². The van der Waals surface area contributed by atoms with Gasteiger partial charge in [0.05, 0.1) is 4.90 Å². The van der Waals surface area contributed by atoms with Crippen LogP contribution in [0, 0.1) is 6.92 Å². The number of benzene rings is 2. The van der Waals surface area contributed by atoms with E-state index in [4.69, 9.17) is 4.74 Å². The van der Waals surface area contributed by atoms with E-state index in [2.05, 4.69) is 23.5 Å². The Morgan fingerprint density at radius 2 is 1.65 bits per heavy atom. The van der Waals surface area contributed by atoms with Crippen molar-refractivity contribution in [1.82, 2.24) is 9.62 Å². The normalized spacial score (nSPS) is 11.7. The van der Waals surface area contributed by atoms with Gasteiger partial charge in [0.2, 0.25) is 10.0 Å². The first-order valence-electron chi connectivity index (χ1n) is 8.95. The van der Waals surface area contributed by atoms with Crippen molar-refractivity contribution in [3.63, 3.8) is 0 Å². The Bertz CT molecular complexity index is 785. The van der Waals surface area contributed by atoms with Crippen LogP contribution in [0.5, 0.6) is 5.75 Å². The summed E-state index contributed by atoms with van der Waals surface area (Å²) < 4.78 is 33.4. The van der Waals surface area contributed by atoms with E-state index in [-0.39, 0.29) is 11.4 Å². The Labute approximate surface area is 157 Å². The summed E-state index contributed by atoms with van der Waals surface area (Å²) in [5, 5.41) is 0. The average Bonchev–Trinajstić information content (AvgIpc) is 2.65. The summed E-state index contributed by atoms with van der Waals surface area (Å²) in [6.07, 6.45) is 0. The zero-order valence-corrected chi connectivity index (χ0v) is 16.6. The molecule has 0 spiro atoms. The second-order valence-electron chi connectivity index (χ2n) is 6.12. The van der Waals surface area contributed by atoms with Gasteiger partial charge < -0.3 is 9.64 Å². The van der Waals surface area contributed by atoms with Crippen LogP contribution in [-0.2, 0) is 16.6 Å². The molecule has 0 fully saturated rings. The van der Waals surface area contributed by atoms with Crippen molar-refractivity contribution in [1.29, 1.82) is 0 Å². The zero-order chi connectivity index (χ0) is 19.0. The maximum Gasteiger partial charge on any atom is 0.240 e. The van der Waals surface area contributed by atoms with Crippen molar-refractivity contribution in [3.05, 3.63) is 59.7 Å². The third-order valence-electron chi connectivity index (χ3n) is 4.32. The molecular formula is C20H28N2O3S. The smallest absolute Gasteiger partial charge is 0.240 e. The summed E-state index contributed by atoms with van der Waals surface area (Å²) >= 11 is 0. The van der Waals surface area contributed by atoms with Gasteiger partial charge in [-0.2, -0.15) is 0 Å². The van der Waals surface area contributed by atoms with Gasteiger partial charge in [0.25, 0.3) is 0 Å². The number of rotatable bonds is 10. The summed E-state index contributed by atoms with van der Waals surface area (Å²) in [5.41, 5.74) is 1.85. The van der Waals surface area contributed by atoms with Crippen molar-refractivity contribution < 1.29 is 13.2 Å². The molecule has 6 heteroatoms. The van der Waals surface area contributed by atoms with Gasteiger partial charge >= 0.3 is 0 Å². The number of aryl methyl sites for hydroxylation is 1. The van der Waals surface area contributed by atoms with Crippen LogP contribution < -0.4 is 9.46 Å². The van der Waals surface area contributed by atoms with E-state index in [0.717, 1.165) is 30.8 Å². The molecular weight excluding hydrogens is 348 g/mol. The Morgan fingerprint density at radius 1 is 1.00 bits per heavy atom. The van der Waals surface area contributed by atoms with Crippen molar-refractivity contribution in [2.75, 3.05) is 26.2 Å². The van der Waals surface area contributed by atoms with E-state index in [1.807, 2.05) is 31.2 Å². The molecule has 1 N–H and O–H groups in total. The fraction of sp³-hybridized carbons (Fsp3) is 0.400. The van der Waals surface area contributed by atoms with Crippen molar-refractivity contribution in [2.45, 2.75) is 32.2 Å². The number of hydrogen-bond donors (Lipinski definition) is 1.